The van der Waals surface area contributed by atoms with Gasteiger partial charge in [0.25, 0.3) is 5.92 Å². The number of hydrogen-bond acceptors (Lipinski definition) is 6. The van der Waals surface area contributed by atoms with Gasteiger partial charge in [0.2, 0.25) is 11.9 Å². The normalized spacial score (nSPS) is 22.6. The summed E-state index contributed by atoms with van der Waals surface area (Å²) in [5.74, 6) is -3.28. The van der Waals surface area contributed by atoms with Crippen molar-refractivity contribution in [2.75, 3.05) is 23.3 Å². The number of hydrogen-bond donors (Lipinski definition) is 2. The molecule has 150 valence electrons. The molecule has 8 nitrogen and oxygen atoms in total. The maximum Gasteiger partial charge on any atom is 0.260 e. The Hall–Kier alpha value is -2.78. The minimum absolute atomic E-state index is 0.339. The van der Waals surface area contributed by atoms with E-state index in [0.717, 1.165) is 11.5 Å². The minimum atomic E-state index is -2.83. The van der Waals surface area contributed by atoms with Crippen molar-refractivity contribution in [2.24, 2.45) is 13.0 Å². The fourth-order valence-corrected chi connectivity index (χ4v) is 3.44. The van der Waals surface area contributed by atoms with Crippen molar-refractivity contribution < 1.29 is 13.6 Å². The molecule has 0 radical (unpaired) electrons. The van der Waals surface area contributed by atoms with Crippen LogP contribution in [0.25, 0.3) is 0 Å². The second kappa shape index (κ2) is 6.68. The molecule has 0 aromatic carbocycles. The highest BCUT2D eigenvalue weighted by Gasteiger charge is 2.61. The summed E-state index contributed by atoms with van der Waals surface area (Å²) in [4.78, 5) is 22.9. The van der Waals surface area contributed by atoms with Crippen molar-refractivity contribution in [3.8, 4) is 0 Å². The minimum Gasteiger partial charge on any atom is -0.356 e. The largest absolute Gasteiger partial charge is 0.356 e. The Morgan fingerprint density at radius 2 is 2.04 bits per heavy atom. The summed E-state index contributed by atoms with van der Waals surface area (Å²) in [6, 6.07) is 1.83. The molecule has 2 aliphatic rings. The number of piperidine rings is 1. The average molecular weight is 391 g/mol. The summed E-state index contributed by atoms with van der Waals surface area (Å²) >= 11 is 0. The number of amides is 1. The summed E-state index contributed by atoms with van der Waals surface area (Å²) in [6.07, 6.45) is 6.18. The van der Waals surface area contributed by atoms with Crippen LogP contribution in [0.15, 0.2) is 24.7 Å². The van der Waals surface area contributed by atoms with Crippen LogP contribution in [0, 0.1) is 5.92 Å². The molecule has 2 N–H and O–H groups in total. The fraction of sp³-hybridized carbons (Fsp3) is 0.556. The number of carbonyl (C=O) groups is 1. The first-order valence-electron chi connectivity index (χ1n) is 9.28. The van der Waals surface area contributed by atoms with Gasteiger partial charge in [0.05, 0.1) is 11.9 Å². The van der Waals surface area contributed by atoms with E-state index < -0.39 is 23.3 Å². The van der Waals surface area contributed by atoms with Gasteiger partial charge in [-0.25, -0.2) is 13.8 Å². The van der Waals surface area contributed by atoms with Crippen LogP contribution < -0.4 is 15.5 Å². The van der Waals surface area contributed by atoms with Gasteiger partial charge in [0, 0.05) is 44.5 Å². The van der Waals surface area contributed by atoms with Gasteiger partial charge in [-0.15, -0.1) is 0 Å². The molecule has 0 bridgehead atoms. The quantitative estimate of drug-likeness (QED) is 0.812. The average Bonchev–Trinajstić information content (AvgIpc) is 3.10. The van der Waals surface area contributed by atoms with Gasteiger partial charge >= 0.3 is 0 Å². The van der Waals surface area contributed by atoms with E-state index in [9.17, 15) is 13.6 Å². The Bertz CT molecular complexity index is 876. The summed E-state index contributed by atoms with van der Waals surface area (Å²) in [5.41, 5.74) is 0.321. The lowest BCUT2D eigenvalue weighted by molar-refractivity contribution is -0.126. The van der Waals surface area contributed by atoms with Crippen LogP contribution in [0.2, 0.25) is 0 Å². The van der Waals surface area contributed by atoms with Gasteiger partial charge in [0.1, 0.15) is 11.7 Å². The number of nitrogens with zero attached hydrogens (tertiary/aromatic N) is 5. The molecule has 0 unspecified atom stereocenters. The van der Waals surface area contributed by atoms with Crippen molar-refractivity contribution in [1.29, 1.82) is 0 Å². The van der Waals surface area contributed by atoms with Crippen LogP contribution in [0.3, 0.4) is 0 Å². The Balaban J connectivity index is 1.35. The molecule has 4 rings (SSSR count). The molecule has 1 aliphatic carbocycles. The van der Waals surface area contributed by atoms with E-state index in [1.807, 2.05) is 26.2 Å². The fourth-order valence-electron chi connectivity index (χ4n) is 3.44. The summed E-state index contributed by atoms with van der Waals surface area (Å²) in [7, 11) is 1.83. The van der Waals surface area contributed by atoms with E-state index in [1.165, 1.54) is 0 Å². The molecule has 28 heavy (non-hydrogen) atoms. The summed E-state index contributed by atoms with van der Waals surface area (Å²) in [5, 5.41) is 10.0. The van der Waals surface area contributed by atoms with Crippen LogP contribution >= 0.6 is 0 Å². The van der Waals surface area contributed by atoms with Gasteiger partial charge in [-0.2, -0.15) is 10.1 Å². The third-order valence-electron chi connectivity index (χ3n) is 5.36. The van der Waals surface area contributed by atoms with Crippen LogP contribution in [-0.4, -0.2) is 50.2 Å². The van der Waals surface area contributed by atoms with Crippen molar-refractivity contribution in [3.05, 3.63) is 24.7 Å². The number of nitrogens with one attached hydrogen (secondary N) is 2. The number of halogens is 2. The Kier molecular flexibility index (Phi) is 4.43. The zero-order chi connectivity index (χ0) is 19.9. The van der Waals surface area contributed by atoms with Gasteiger partial charge in [-0.3, -0.25) is 9.48 Å². The highest BCUT2D eigenvalue weighted by Crippen LogP contribution is 2.49. The number of anilines is 3. The van der Waals surface area contributed by atoms with Crippen molar-refractivity contribution in [1.82, 2.24) is 25.1 Å². The van der Waals surface area contributed by atoms with Crippen LogP contribution in [0.4, 0.5) is 26.2 Å². The number of carbonyl (C=O) groups excluding carboxylic acids is 1. The lowest BCUT2D eigenvalue weighted by atomic mass is 9.89. The van der Waals surface area contributed by atoms with E-state index in [1.54, 1.807) is 17.1 Å². The standard InChI is InChI=1S/C18H23F2N7O/c1-17(25-15(28)13-9-18(13,19)20)4-7-27(8-5-17)14-3-6-21-16(24-14)23-12-10-22-26(2)11-12/h3,6,10-11,13H,4-5,7-9H2,1-2H3,(H,25,28)(H,21,23,24)/t13-/m0/s1. The smallest absolute Gasteiger partial charge is 0.260 e. The van der Waals surface area contributed by atoms with Crippen LogP contribution in [0.1, 0.15) is 26.2 Å². The van der Waals surface area contributed by atoms with Crippen LogP contribution in [-0.2, 0) is 11.8 Å². The van der Waals surface area contributed by atoms with Crippen molar-refractivity contribution in [2.45, 2.75) is 37.6 Å². The number of aryl methyl sites for hydroxylation is 1. The first-order valence-corrected chi connectivity index (χ1v) is 9.28. The zero-order valence-corrected chi connectivity index (χ0v) is 15.8. The molecule has 3 heterocycles. The lowest BCUT2D eigenvalue weighted by Crippen LogP contribution is -2.54. The molecule has 2 fully saturated rings. The SMILES string of the molecule is Cn1cc(Nc2nccc(N3CCC(C)(NC(=O)[C@@H]4CC4(F)F)CC3)n2)cn1. The van der Waals surface area contributed by atoms with Crippen molar-refractivity contribution in [3.63, 3.8) is 0 Å². The molecule has 10 heteroatoms. The number of rotatable bonds is 5. The highest BCUT2D eigenvalue weighted by atomic mass is 19.3. The van der Waals surface area contributed by atoms with Gasteiger partial charge in [-0.1, -0.05) is 0 Å². The van der Waals surface area contributed by atoms with Gasteiger partial charge in [0.15, 0.2) is 0 Å². The second-order valence-corrected chi connectivity index (χ2v) is 7.82. The number of alkyl halides is 2. The van der Waals surface area contributed by atoms with Gasteiger partial charge in [-0.05, 0) is 25.8 Å². The molecule has 2 aromatic heterocycles. The topological polar surface area (TPSA) is 88.0 Å². The highest BCUT2D eigenvalue weighted by molar-refractivity contribution is 5.83. The van der Waals surface area contributed by atoms with E-state index in [0.29, 0.717) is 31.9 Å². The third-order valence-corrected chi connectivity index (χ3v) is 5.36. The molecule has 0 spiro atoms. The third kappa shape index (κ3) is 3.90. The summed E-state index contributed by atoms with van der Waals surface area (Å²) in [6.45, 7) is 3.25. The molecule has 1 amide bonds. The molecular formula is C18H23F2N7O. The van der Waals surface area contributed by atoms with E-state index in [4.69, 9.17) is 0 Å². The Morgan fingerprint density at radius 1 is 1.32 bits per heavy atom. The maximum atomic E-state index is 13.1. The molecule has 1 aliphatic heterocycles. The molecule has 1 saturated heterocycles. The predicted molar refractivity (Wildman–Crippen MR) is 99.6 cm³/mol. The predicted octanol–water partition coefficient (Wildman–Crippen LogP) is 2.08. The monoisotopic (exact) mass is 391 g/mol. The lowest BCUT2D eigenvalue weighted by Gasteiger charge is -2.40. The van der Waals surface area contributed by atoms with E-state index in [-0.39, 0.29) is 6.42 Å². The molecular weight excluding hydrogens is 368 g/mol. The van der Waals surface area contributed by atoms with E-state index in [2.05, 4.69) is 30.6 Å². The zero-order valence-electron chi connectivity index (χ0n) is 15.8. The first kappa shape index (κ1) is 18.6. The van der Waals surface area contributed by atoms with E-state index >= 15 is 0 Å². The number of aromatic nitrogens is 4. The van der Waals surface area contributed by atoms with Crippen LogP contribution in [0.5, 0.6) is 0 Å². The molecule has 2 aromatic rings. The van der Waals surface area contributed by atoms with Gasteiger partial charge < -0.3 is 15.5 Å². The Labute approximate surface area is 161 Å². The maximum absolute atomic E-state index is 13.1. The summed E-state index contributed by atoms with van der Waals surface area (Å²) < 4.78 is 27.9. The Morgan fingerprint density at radius 3 is 2.64 bits per heavy atom. The first-order chi connectivity index (χ1) is 13.2. The second-order valence-electron chi connectivity index (χ2n) is 7.82. The van der Waals surface area contributed by atoms with Crippen molar-refractivity contribution >= 4 is 23.4 Å². The molecule has 1 saturated carbocycles. The molecule has 1 atom stereocenters.